The highest BCUT2D eigenvalue weighted by Gasteiger charge is 2.17. The molecule has 4 heteroatoms. The number of Topliss-reactive ketones (excluding diaryl/α,β-unsaturated/α-hetero) is 1. The van der Waals surface area contributed by atoms with Gasteiger partial charge in [0.25, 0.3) is 0 Å². The molecule has 13 heavy (non-hydrogen) atoms. The molecule has 76 valence electrons. The van der Waals surface area contributed by atoms with Crippen molar-refractivity contribution < 1.29 is 9.59 Å². The van der Waals surface area contributed by atoms with E-state index in [1.54, 1.807) is 0 Å². The van der Waals surface area contributed by atoms with Gasteiger partial charge in [-0.15, -0.1) is 0 Å². The van der Waals surface area contributed by atoms with Gasteiger partial charge in [-0.3, -0.25) is 9.59 Å². The summed E-state index contributed by atoms with van der Waals surface area (Å²) >= 11 is 0. The molecule has 0 spiro atoms. The molecule has 4 nitrogen and oxygen atoms in total. The standard InChI is InChI=1S/C9H18N2O2/c1-6(2)4-8(7(3)12)11-9(13)5-10/h6,8H,4-5,10H2,1-3H3,(H,11,13)/t8-/m0/s1. The lowest BCUT2D eigenvalue weighted by Crippen LogP contribution is -2.43. The maximum Gasteiger partial charge on any atom is 0.234 e. The first kappa shape index (κ1) is 12.1. The van der Waals surface area contributed by atoms with Gasteiger partial charge in [0.05, 0.1) is 12.6 Å². The SMILES string of the molecule is CC(=O)[C@H](CC(C)C)NC(=O)CN. The molecule has 0 aromatic rings. The van der Waals surface area contributed by atoms with Crippen molar-refractivity contribution in [2.75, 3.05) is 6.54 Å². The van der Waals surface area contributed by atoms with Crippen LogP contribution >= 0.6 is 0 Å². The first-order valence-electron chi connectivity index (χ1n) is 4.47. The molecule has 0 aromatic heterocycles. The summed E-state index contributed by atoms with van der Waals surface area (Å²) in [6, 6.07) is -0.379. The molecule has 1 atom stereocenters. The zero-order chi connectivity index (χ0) is 10.4. The number of carbonyl (C=O) groups is 2. The highest BCUT2D eigenvalue weighted by atomic mass is 16.2. The van der Waals surface area contributed by atoms with Crippen LogP contribution in [-0.2, 0) is 9.59 Å². The third-order valence-electron chi connectivity index (χ3n) is 1.72. The lowest BCUT2D eigenvalue weighted by atomic mass is 10.0. The lowest BCUT2D eigenvalue weighted by Gasteiger charge is -2.17. The summed E-state index contributed by atoms with van der Waals surface area (Å²) in [6.45, 7) is 5.42. The summed E-state index contributed by atoms with van der Waals surface area (Å²) in [5.41, 5.74) is 5.13. The number of hydrogen-bond acceptors (Lipinski definition) is 3. The van der Waals surface area contributed by atoms with Crippen molar-refractivity contribution in [1.29, 1.82) is 0 Å². The molecular formula is C9H18N2O2. The van der Waals surface area contributed by atoms with Gasteiger partial charge >= 0.3 is 0 Å². The average molecular weight is 186 g/mol. The normalized spacial score (nSPS) is 12.7. The van der Waals surface area contributed by atoms with Gasteiger partial charge in [0, 0.05) is 0 Å². The van der Waals surface area contributed by atoms with Crippen molar-refractivity contribution in [1.82, 2.24) is 5.32 Å². The van der Waals surface area contributed by atoms with Crippen molar-refractivity contribution in [2.45, 2.75) is 33.2 Å². The number of nitrogens with two attached hydrogens (primary N) is 1. The molecule has 0 aromatic carbocycles. The van der Waals surface area contributed by atoms with Gasteiger partial charge in [-0.1, -0.05) is 13.8 Å². The van der Waals surface area contributed by atoms with Crippen LogP contribution < -0.4 is 11.1 Å². The van der Waals surface area contributed by atoms with Crippen LogP contribution in [0, 0.1) is 5.92 Å². The van der Waals surface area contributed by atoms with E-state index in [0.717, 1.165) is 0 Å². The first-order valence-corrected chi connectivity index (χ1v) is 4.47. The molecule has 0 heterocycles. The zero-order valence-electron chi connectivity index (χ0n) is 8.46. The molecule has 0 fully saturated rings. The first-order chi connectivity index (χ1) is 5.97. The Morgan fingerprint density at radius 3 is 2.23 bits per heavy atom. The number of amides is 1. The van der Waals surface area contributed by atoms with Gasteiger partial charge in [-0.05, 0) is 19.3 Å². The highest BCUT2D eigenvalue weighted by Crippen LogP contribution is 2.05. The molecule has 0 aliphatic heterocycles. The Balaban J connectivity index is 4.10. The molecule has 0 unspecified atom stereocenters. The fourth-order valence-electron chi connectivity index (χ4n) is 1.05. The predicted molar refractivity (Wildman–Crippen MR) is 51.1 cm³/mol. The summed E-state index contributed by atoms with van der Waals surface area (Å²) in [4.78, 5) is 22.0. The fraction of sp³-hybridized carbons (Fsp3) is 0.778. The minimum absolute atomic E-state index is 0.0181. The van der Waals surface area contributed by atoms with Crippen molar-refractivity contribution in [3.8, 4) is 0 Å². The number of hydrogen-bond donors (Lipinski definition) is 2. The minimum atomic E-state index is -0.379. The van der Waals surface area contributed by atoms with E-state index >= 15 is 0 Å². The molecule has 0 aliphatic rings. The Kier molecular flexibility index (Phi) is 5.30. The van der Waals surface area contributed by atoms with Gasteiger partial charge in [0.1, 0.15) is 0 Å². The third kappa shape index (κ3) is 5.36. The second-order valence-corrected chi connectivity index (χ2v) is 3.56. The van der Waals surface area contributed by atoms with Crippen LogP contribution in [0.4, 0.5) is 0 Å². The smallest absolute Gasteiger partial charge is 0.234 e. The third-order valence-corrected chi connectivity index (χ3v) is 1.72. The molecule has 0 bridgehead atoms. The largest absolute Gasteiger partial charge is 0.345 e. The van der Waals surface area contributed by atoms with Crippen molar-refractivity contribution >= 4 is 11.7 Å². The van der Waals surface area contributed by atoms with Crippen LogP contribution in [0.15, 0.2) is 0 Å². The second kappa shape index (κ2) is 5.70. The fourth-order valence-corrected chi connectivity index (χ4v) is 1.05. The quantitative estimate of drug-likeness (QED) is 0.638. The maximum atomic E-state index is 11.1. The van der Waals surface area contributed by atoms with Crippen LogP contribution in [0.25, 0.3) is 0 Å². The van der Waals surface area contributed by atoms with Gasteiger partial charge < -0.3 is 11.1 Å². The van der Waals surface area contributed by atoms with E-state index in [-0.39, 0.29) is 24.3 Å². The van der Waals surface area contributed by atoms with Crippen molar-refractivity contribution in [2.24, 2.45) is 11.7 Å². The summed E-state index contributed by atoms with van der Waals surface area (Å²) in [5, 5.41) is 2.58. The molecule has 0 rings (SSSR count). The summed E-state index contributed by atoms with van der Waals surface area (Å²) in [7, 11) is 0. The van der Waals surface area contributed by atoms with E-state index in [4.69, 9.17) is 5.73 Å². The van der Waals surface area contributed by atoms with E-state index < -0.39 is 0 Å². The topological polar surface area (TPSA) is 72.2 Å². The van der Waals surface area contributed by atoms with E-state index in [2.05, 4.69) is 5.32 Å². The Morgan fingerprint density at radius 1 is 1.38 bits per heavy atom. The monoisotopic (exact) mass is 186 g/mol. The summed E-state index contributed by atoms with van der Waals surface area (Å²) < 4.78 is 0. The van der Waals surface area contributed by atoms with Gasteiger partial charge in [-0.2, -0.15) is 0 Å². The predicted octanol–water partition coefficient (Wildman–Crippen LogP) is 0.0650. The second-order valence-electron chi connectivity index (χ2n) is 3.56. The Bertz CT molecular complexity index is 190. The van der Waals surface area contributed by atoms with Gasteiger partial charge in [0.15, 0.2) is 5.78 Å². The number of rotatable bonds is 5. The maximum absolute atomic E-state index is 11.1. The number of ketones is 1. The molecule has 3 N–H and O–H groups in total. The van der Waals surface area contributed by atoms with Crippen LogP contribution in [0.3, 0.4) is 0 Å². The van der Waals surface area contributed by atoms with E-state index in [1.165, 1.54) is 6.92 Å². The minimum Gasteiger partial charge on any atom is -0.345 e. The number of carbonyl (C=O) groups excluding carboxylic acids is 2. The molecular weight excluding hydrogens is 168 g/mol. The van der Waals surface area contributed by atoms with Crippen LogP contribution in [0.2, 0.25) is 0 Å². The summed E-state index contributed by atoms with van der Waals surface area (Å²) in [5.74, 6) is 0.0864. The van der Waals surface area contributed by atoms with E-state index in [1.807, 2.05) is 13.8 Å². The Morgan fingerprint density at radius 2 is 1.92 bits per heavy atom. The van der Waals surface area contributed by atoms with Gasteiger partial charge in [0.2, 0.25) is 5.91 Å². The Labute approximate surface area is 78.9 Å². The summed E-state index contributed by atoms with van der Waals surface area (Å²) in [6.07, 6.45) is 0.668. The zero-order valence-corrected chi connectivity index (χ0v) is 8.46. The molecule has 0 saturated carbocycles. The molecule has 0 radical (unpaired) electrons. The van der Waals surface area contributed by atoms with Gasteiger partial charge in [-0.25, -0.2) is 0 Å². The van der Waals surface area contributed by atoms with E-state index in [9.17, 15) is 9.59 Å². The van der Waals surface area contributed by atoms with Crippen molar-refractivity contribution in [3.05, 3.63) is 0 Å². The van der Waals surface area contributed by atoms with Crippen molar-refractivity contribution in [3.63, 3.8) is 0 Å². The molecule has 0 aliphatic carbocycles. The highest BCUT2D eigenvalue weighted by molar-refractivity contribution is 5.88. The lowest BCUT2D eigenvalue weighted by molar-refractivity contribution is -0.126. The Hall–Kier alpha value is -0.900. The number of nitrogens with one attached hydrogen (secondary N) is 1. The van der Waals surface area contributed by atoms with E-state index in [0.29, 0.717) is 12.3 Å². The average Bonchev–Trinajstić information content (AvgIpc) is 2.02. The van der Waals surface area contributed by atoms with Crippen LogP contribution in [0.1, 0.15) is 27.2 Å². The van der Waals surface area contributed by atoms with Crippen LogP contribution in [0.5, 0.6) is 0 Å². The molecule has 1 amide bonds. The molecule has 0 saturated heterocycles. The van der Waals surface area contributed by atoms with Crippen LogP contribution in [-0.4, -0.2) is 24.3 Å².